The zero-order valence-corrected chi connectivity index (χ0v) is 12.0. The van der Waals surface area contributed by atoms with Gasteiger partial charge in [-0.1, -0.05) is 6.07 Å². The Morgan fingerprint density at radius 3 is 2.47 bits per heavy atom. The van der Waals surface area contributed by atoms with Gasteiger partial charge < -0.3 is 4.74 Å². The van der Waals surface area contributed by atoms with Gasteiger partial charge >= 0.3 is 5.97 Å². The van der Waals surface area contributed by atoms with Gasteiger partial charge in [-0.3, -0.25) is 0 Å². The summed E-state index contributed by atoms with van der Waals surface area (Å²) in [4.78, 5) is 11.6. The zero-order chi connectivity index (χ0) is 14.0. The van der Waals surface area contributed by atoms with Crippen molar-refractivity contribution in [3.05, 3.63) is 40.6 Å². The molecule has 0 N–H and O–H groups in total. The Balaban J connectivity index is 2.64. The molecule has 4 nitrogen and oxygen atoms in total. The zero-order valence-electron chi connectivity index (χ0n) is 10.4. The van der Waals surface area contributed by atoms with Crippen molar-refractivity contribution in [2.75, 3.05) is 13.4 Å². The summed E-state index contributed by atoms with van der Waals surface area (Å²) in [7, 11) is -2.28. The van der Waals surface area contributed by atoms with Crippen molar-refractivity contribution >= 4 is 27.1 Å². The minimum atomic E-state index is -3.50. The summed E-state index contributed by atoms with van der Waals surface area (Å²) in [6, 6.07) is 6.59. The average molecular weight is 296 g/mol. The molecule has 2 aromatic rings. The normalized spacial score (nSPS) is 11.3. The first kappa shape index (κ1) is 13.8. The monoisotopic (exact) mass is 296 g/mol. The molecule has 0 bridgehead atoms. The molecule has 19 heavy (non-hydrogen) atoms. The van der Waals surface area contributed by atoms with Gasteiger partial charge in [-0.05, 0) is 40.1 Å². The molecule has 0 amide bonds. The van der Waals surface area contributed by atoms with Crippen LogP contribution in [0.3, 0.4) is 0 Å². The van der Waals surface area contributed by atoms with Crippen molar-refractivity contribution in [1.82, 2.24) is 0 Å². The number of hydrogen-bond acceptors (Lipinski definition) is 5. The highest BCUT2D eigenvalue weighted by atomic mass is 32.2. The second-order valence-corrected chi connectivity index (χ2v) is 6.75. The summed E-state index contributed by atoms with van der Waals surface area (Å²) in [5, 5.41) is 3.82. The maximum absolute atomic E-state index is 11.8. The number of rotatable bonds is 3. The molecule has 1 aromatic heterocycles. The van der Waals surface area contributed by atoms with Crippen LogP contribution in [-0.4, -0.2) is 27.8 Å². The second kappa shape index (κ2) is 5.14. The summed E-state index contributed by atoms with van der Waals surface area (Å²) >= 11 is 1.52. The fourth-order valence-electron chi connectivity index (χ4n) is 1.72. The van der Waals surface area contributed by atoms with Crippen molar-refractivity contribution in [3.8, 4) is 11.1 Å². The van der Waals surface area contributed by atoms with Gasteiger partial charge in [-0.2, -0.15) is 11.3 Å². The molecule has 0 unspecified atom stereocenters. The second-order valence-electron chi connectivity index (χ2n) is 3.99. The van der Waals surface area contributed by atoms with Crippen molar-refractivity contribution in [3.63, 3.8) is 0 Å². The molecule has 6 heteroatoms. The molecule has 0 spiro atoms. The van der Waals surface area contributed by atoms with E-state index >= 15 is 0 Å². The molecule has 100 valence electrons. The molecule has 0 fully saturated rings. The number of hydrogen-bond donors (Lipinski definition) is 0. The molecule has 0 saturated heterocycles. The molecule has 2 rings (SSSR count). The number of ether oxygens (including phenoxy) is 1. The van der Waals surface area contributed by atoms with Gasteiger partial charge in [0.1, 0.15) is 0 Å². The lowest BCUT2D eigenvalue weighted by Gasteiger charge is -2.08. The SMILES string of the molecule is COC(=O)c1ccc(-c2ccsc2)cc1S(C)(=O)=O. The van der Waals surface area contributed by atoms with E-state index in [0.29, 0.717) is 0 Å². The van der Waals surface area contributed by atoms with E-state index in [1.807, 2.05) is 16.8 Å². The average Bonchev–Trinajstić information content (AvgIpc) is 2.90. The number of carbonyl (C=O) groups excluding carboxylic acids is 1. The number of sulfone groups is 1. The standard InChI is InChI=1S/C13H12O4S2/c1-17-13(14)11-4-3-9(10-5-6-18-8-10)7-12(11)19(2,15)16/h3-8H,1-2H3. The van der Waals surface area contributed by atoms with Crippen LogP contribution in [0.4, 0.5) is 0 Å². The van der Waals surface area contributed by atoms with E-state index in [9.17, 15) is 13.2 Å². The molecule has 0 aliphatic rings. The first-order chi connectivity index (χ1) is 8.93. The lowest BCUT2D eigenvalue weighted by atomic mass is 10.1. The lowest BCUT2D eigenvalue weighted by molar-refractivity contribution is 0.0596. The van der Waals surface area contributed by atoms with Gasteiger partial charge in [0.25, 0.3) is 0 Å². The molecule has 0 aliphatic carbocycles. The minimum Gasteiger partial charge on any atom is -0.465 e. The van der Waals surface area contributed by atoms with Gasteiger partial charge in [0, 0.05) is 6.26 Å². The molecule has 0 aliphatic heterocycles. The van der Waals surface area contributed by atoms with Crippen LogP contribution in [0, 0.1) is 0 Å². The highest BCUT2D eigenvalue weighted by Gasteiger charge is 2.20. The number of benzene rings is 1. The molecular weight excluding hydrogens is 284 g/mol. The molecule has 1 heterocycles. The summed E-state index contributed by atoms with van der Waals surface area (Å²) < 4.78 is 28.2. The predicted molar refractivity (Wildman–Crippen MR) is 74.2 cm³/mol. The lowest BCUT2D eigenvalue weighted by Crippen LogP contribution is -2.09. The Hall–Kier alpha value is -1.66. The third kappa shape index (κ3) is 2.85. The third-order valence-electron chi connectivity index (χ3n) is 2.64. The van der Waals surface area contributed by atoms with Crippen LogP contribution in [0.1, 0.15) is 10.4 Å². The van der Waals surface area contributed by atoms with Gasteiger partial charge in [0.05, 0.1) is 17.6 Å². The fourth-order valence-corrected chi connectivity index (χ4v) is 3.27. The largest absolute Gasteiger partial charge is 0.465 e. The van der Waals surface area contributed by atoms with Crippen LogP contribution in [0.5, 0.6) is 0 Å². The summed E-state index contributed by atoms with van der Waals surface area (Å²) in [5.74, 6) is -0.655. The van der Waals surface area contributed by atoms with E-state index in [4.69, 9.17) is 0 Å². The van der Waals surface area contributed by atoms with E-state index in [-0.39, 0.29) is 10.5 Å². The van der Waals surface area contributed by atoms with E-state index in [0.717, 1.165) is 17.4 Å². The fraction of sp³-hybridized carbons (Fsp3) is 0.154. The number of methoxy groups -OCH3 is 1. The Labute approximate surface area is 115 Å². The Kier molecular flexibility index (Phi) is 3.73. The Morgan fingerprint density at radius 1 is 1.21 bits per heavy atom. The Bertz CT molecular complexity index is 700. The maximum atomic E-state index is 11.8. The third-order valence-corrected chi connectivity index (χ3v) is 4.46. The topological polar surface area (TPSA) is 60.4 Å². The van der Waals surface area contributed by atoms with Crippen molar-refractivity contribution < 1.29 is 17.9 Å². The van der Waals surface area contributed by atoms with Crippen LogP contribution in [0.2, 0.25) is 0 Å². The summed E-state index contributed by atoms with van der Waals surface area (Å²) in [6.07, 6.45) is 1.08. The summed E-state index contributed by atoms with van der Waals surface area (Å²) in [6.45, 7) is 0. The van der Waals surface area contributed by atoms with E-state index in [1.165, 1.54) is 30.6 Å². The van der Waals surface area contributed by atoms with E-state index in [2.05, 4.69) is 4.74 Å². The quantitative estimate of drug-likeness (QED) is 0.817. The first-order valence-electron chi connectivity index (χ1n) is 5.38. The van der Waals surface area contributed by atoms with Gasteiger partial charge in [0.2, 0.25) is 0 Å². The predicted octanol–water partition coefficient (Wildman–Crippen LogP) is 2.61. The van der Waals surface area contributed by atoms with E-state index < -0.39 is 15.8 Å². The highest BCUT2D eigenvalue weighted by Crippen LogP contribution is 2.27. The maximum Gasteiger partial charge on any atom is 0.339 e. The number of esters is 1. The molecule has 0 radical (unpaired) electrons. The molecule has 0 atom stereocenters. The highest BCUT2D eigenvalue weighted by molar-refractivity contribution is 7.90. The number of thiophene rings is 1. The van der Waals surface area contributed by atoms with Crippen molar-refractivity contribution in [2.45, 2.75) is 4.90 Å². The van der Waals surface area contributed by atoms with Crippen LogP contribution in [-0.2, 0) is 14.6 Å². The Morgan fingerprint density at radius 2 is 1.95 bits per heavy atom. The van der Waals surface area contributed by atoms with Gasteiger partial charge in [-0.25, -0.2) is 13.2 Å². The van der Waals surface area contributed by atoms with Gasteiger partial charge in [0.15, 0.2) is 9.84 Å². The molecule has 0 saturated carbocycles. The minimum absolute atomic E-state index is 0.0111. The van der Waals surface area contributed by atoms with Crippen molar-refractivity contribution in [1.29, 1.82) is 0 Å². The first-order valence-corrected chi connectivity index (χ1v) is 8.22. The van der Waals surface area contributed by atoms with Crippen LogP contribution in [0.15, 0.2) is 39.9 Å². The van der Waals surface area contributed by atoms with Crippen molar-refractivity contribution in [2.24, 2.45) is 0 Å². The molecular formula is C13H12O4S2. The number of carbonyl (C=O) groups is 1. The smallest absolute Gasteiger partial charge is 0.339 e. The summed E-state index contributed by atoms with van der Waals surface area (Å²) in [5.41, 5.74) is 1.74. The van der Waals surface area contributed by atoms with Crippen LogP contribution >= 0.6 is 11.3 Å². The van der Waals surface area contributed by atoms with Crippen LogP contribution < -0.4 is 0 Å². The van der Waals surface area contributed by atoms with E-state index in [1.54, 1.807) is 6.07 Å². The molecule has 1 aromatic carbocycles. The van der Waals surface area contributed by atoms with Crippen LogP contribution in [0.25, 0.3) is 11.1 Å². The van der Waals surface area contributed by atoms with Gasteiger partial charge in [-0.15, -0.1) is 0 Å².